The molecule has 18 heavy (non-hydrogen) atoms. The molecule has 0 radical (unpaired) electrons. The van der Waals surface area contributed by atoms with Crippen LogP contribution in [0.15, 0.2) is 33.7 Å². The number of hydrogen-bond acceptors (Lipinski definition) is 5. The number of rotatable bonds is 4. The van der Waals surface area contributed by atoms with Crippen molar-refractivity contribution in [3.05, 3.63) is 30.0 Å². The Hall–Kier alpha value is -1.95. The van der Waals surface area contributed by atoms with Crippen LogP contribution in [0.5, 0.6) is 5.75 Å². The van der Waals surface area contributed by atoms with Crippen molar-refractivity contribution in [2.75, 3.05) is 13.4 Å². The maximum Gasteiger partial charge on any atom is 0.358 e. The van der Waals surface area contributed by atoms with Crippen molar-refractivity contribution in [2.24, 2.45) is 0 Å². The van der Waals surface area contributed by atoms with Crippen molar-refractivity contribution in [1.82, 2.24) is 5.16 Å². The first-order valence-electron chi connectivity index (χ1n) is 5.08. The Morgan fingerprint density at radius 1 is 1.44 bits per heavy atom. The molecule has 94 valence electrons. The van der Waals surface area contributed by atoms with Gasteiger partial charge in [-0.05, 0) is 24.5 Å². The first-order chi connectivity index (χ1) is 8.65. The number of aromatic carboxylic acids is 1. The average molecular weight is 265 g/mol. The van der Waals surface area contributed by atoms with E-state index in [0.29, 0.717) is 5.76 Å². The Labute approximate surface area is 108 Å². The molecule has 5 nitrogen and oxygen atoms in total. The predicted molar refractivity (Wildman–Crippen MR) is 67.2 cm³/mol. The largest absolute Gasteiger partial charge is 0.496 e. The number of thioether (sulfide) groups is 1. The molecular formula is C12H11NO4S. The lowest BCUT2D eigenvalue weighted by Gasteiger charge is -2.06. The zero-order valence-corrected chi connectivity index (χ0v) is 10.7. The Kier molecular flexibility index (Phi) is 3.57. The van der Waals surface area contributed by atoms with Crippen molar-refractivity contribution in [2.45, 2.75) is 4.90 Å². The van der Waals surface area contributed by atoms with Crippen LogP contribution in [0.4, 0.5) is 0 Å². The molecule has 0 saturated carbocycles. The summed E-state index contributed by atoms with van der Waals surface area (Å²) in [5.41, 5.74) is 0.659. The summed E-state index contributed by atoms with van der Waals surface area (Å²) in [6.07, 6.45) is 1.94. The molecule has 0 unspecified atom stereocenters. The highest BCUT2D eigenvalue weighted by molar-refractivity contribution is 7.98. The van der Waals surface area contributed by atoms with E-state index in [-0.39, 0.29) is 5.69 Å². The molecule has 0 spiro atoms. The van der Waals surface area contributed by atoms with E-state index in [1.54, 1.807) is 13.2 Å². The van der Waals surface area contributed by atoms with Crippen LogP contribution in [0.2, 0.25) is 0 Å². The highest BCUT2D eigenvalue weighted by Crippen LogP contribution is 2.32. The number of ether oxygens (including phenoxy) is 1. The molecule has 1 heterocycles. The second kappa shape index (κ2) is 5.14. The first-order valence-corrected chi connectivity index (χ1v) is 6.30. The first kappa shape index (κ1) is 12.5. The van der Waals surface area contributed by atoms with Crippen LogP contribution in [0.1, 0.15) is 10.5 Å². The van der Waals surface area contributed by atoms with Gasteiger partial charge in [0.25, 0.3) is 0 Å². The molecular weight excluding hydrogens is 254 g/mol. The molecule has 0 atom stereocenters. The maximum atomic E-state index is 10.7. The lowest BCUT2D eigenvalue weighted by molar-refractivity contribution is 0.0686. The molecule has 1 aromatic carbocycles. The second-order valence-corrected chi connectivity index (χ2v) is 4.30. The van der Waals surface area contributed by atoms with Crippen molar-refractivity contribution >= 4 is 17.7 Å². The minimum atomic E-state index is -1.11. The van der Waals surface area contributed by atoms with Gasteiger partial charge < -0.3 is 14.4 Å². The minimum Gasteiger partial charge on any atom is -0.496 e. The molecule has 2 rings (SSSR count). The number of carbonyl (C=O) groups is 1. The summed E-state index contributed by atoms with van der Waals surface area (Å²) >= 11 is 1.54. The van der Waals surface area contributed by atoms with Crippen molar-refractivity contribution in [3.63, 3.8) is 0 Å². The predicted octanol–water partition coefficient (Wildman–Crippen LogP) is 2.77. The smallest absolute Gasteiger partial charge is 0.358 e. The van der Waals surface area contributed by atoms with Gasteiger partial charge in [-0.2, -0.15) is 0 Å². The Balaban J connectivity index is 2.41. The molecule has 1 N–H and O–H groups in total. The normalized spacial score (nSPS) is 10.3. The number of hydrogen-bond donors (Lipinski definition) is 1. The fourth-order valence-corrected chi connectivity index (χ4v) is 2.10. The van der Waals surface area contributed by atoms with Crippen LogP contribution in [-0.2, 0) is 0 Å². The van der Waals surface area contributed by atoms with E-state index in [0.717, 1.165) is 16.2 Å². The number of benzene rings is 1. The van der Waals surface area contributed by atoms with Crippen LogP contribution in [0, 0.1) is 0 Å². The number of aromatic nitrogens is 1. The highest BCUT2D eigenvalue weighted by atomic mass is 32.2. The molecule has 0 saturated heterocycles. The van der Waals surface area contributed by atoms with Crippen LogP contribution >= 0.6 is 11.8 Å². The van der Waals surface area contributed by atoms with Gasteiger partial charge in [0, 0.05) is 16.5 Å². The van der Waals surface area contributed by atoms with Gasteiger partial charge >= 0.3 is 5.97 Å². The standard InChI is InChI=1S/C12H11NO4S/c1-16-9-4-3-7(5-11(9)18-2)10-6-8(12(14)15)13-17-10/h3-6H,1-2H3,(H,14,15). The third-order valence-electron chi connectivity index (χ3n) is 2.40. The van der Waals surface area contributed by atoms with Gasteiger partial charge in [0.2, 0.25) is 0 Å². The van der Waals surface area contributed by atoms with Gasteiger partial charge in [-0.1, -0.05) is 5.16 Å². The maximum absolute atomic E-state index is 10.7. The zero-order chi connectivity index (χ0) is 13.1. The lowest BCUT2D eigenvalue weighted by atomic mass is 10.1. The van der Waals surface area contributed by atoms with E-state index in [1.807, 2.05) is 18.4 Å². The quantitative estimate of drug-likeness (QED) is 0.857. The fraction of sp³-hybridized carbons (Fsp3) is 0.167. The summed E-state index contributed by atoms with van der Waals surface area (Å²) in [4.78, 5) is 11.7. The van der Waals surface area contributed by atoms with Crippen molar-refractivity contribution < 1.29 is 19.2 Å². The lowest BCUT2D eigenvalue weighted by Crippen LogP contribution is -1.94. The third-order valence-corrected chi connectivity index (χ3v) is 3.16. The highest BCUT2D eigenvalue weighted by Gasteiger charge is 2.13. The van der Waals surface area contributed by atoms with E-state index in [1.165, 1.54) is 17.8 Å². The average Bonchev–Trinajstić information content (AvgIpc) is 2.87. The van der Waals surface area contributed by atoms with Gasteiger partial charge in [-0.3, -0.25) is 0 Å². The van der Waals surface area contributed by atoms with E-state index in [4.69, 9.17) is 14.4 Å². The molecule has 0 aliphatic rings. The molecule has 0 fully saturated rings. The Bertz CT molecular complexity index is 579. The van der Waals surface area contributed by atoms with Gasteiger partial charge in [0.05, 0.1) is 7.11 Å². The Morgan fingerprint density at radius 2 is 2.22 bits per heavy atom. The number of methoxy groups -OCH3 is 1. The summed E-state index contributed by atoms with van der Waals surface area (Å²) in [5.74, 6) is 0.0816. The van der Waals surface area contributed by atoms with Gasteiger partial charge in [-0.25, -0.2) is 4.79 Å². The zero-order valence-electron chi connectivity index (χ0n) is 9.84. The van der Waals surface area contributed by atoms with Crippen LogP contribution in [0.25, 0.3) is 11.3 Å². The molecule has 0 amide bonds. The summed E-state index contributed by atoms with van der Waals surface area (Å²) in [7, 11) is 1.60. The monoisotopic (exact) mass is 265 g/mol. The van der Waals surface area contributed by atoms with E-state index >= 15 is 0 Å². The number of carboxylic acid groups (broad SMARTS) is 1. The molecule has 0 bridgehead atoms. The number of nitrogens with zero attached hydrogens (tertiary/aromatic N) is 1. The molecule has 6 heteroatoms. The summed E-state index contributed by atoms with van der Waals surface area (Å²) in [6, 6.07) is 6.87. The molecule has 2 aromatic rings. The van der Waals surface area contributed by atoms with Gasteiger partial charge in [-0.15, -0.1) is 11.8 Å². The molecule has 0 aliphatic carbocycles. The Morgan fingerprint density at radius 3 is 2.78 bits per heavy atom. The number of carboxylic acids is 1. The van der Waals surface area contributed by atoms with Crippen molar-refractivity contribution in [1.29, 1.82) is 0 Å². The van der Waals surface area contributed by atoms with Crippen molar-refractivity contribution in [3.8, 4) is 17.1 Å². The van der Waals surface area contributed by atoms with Gasteiger partial charge in [0.15, 0.2) is 11.5 Å². The minimum absolute atomic E-state index is 0.105. The van der Waals surface area contributed by atoms with E-state index in [2.05, 4.69) is 5.16 Å². The molecule has 0 aliphatic heterocycles. The second-order valence-electron chi connectivity index (χ2n) is 3.45. The summed E-state index contributed by atoms with van der Waals surface area (Å²) < 4.78 is 10.2. The molecule has 1 aromatic heterocycles. The van der Waals surface area contributed by atoms with E-state index in [9.17, 15) is 4.79 Å². The topological polar surface area (TPSA) is 72.6 Å². The van der Waals surface area contributed by atoms with Crippen LogP contribution < -0.4 is 4.74 Å². The SMILES string of the molecule is COc1ccc(-c2cc(C(=O)O)no2)cc1SC. The van der Waals surface area contributed by atoms with E-state index < -0.39 is 5.97 Å². The fourth-order valence-electron chi connectivity index (χ4n) is 1.50. The third kappa shape index (κ3) is 2.33. The van der Waals surface area contributed by atoms with Crippen LogP contribution in [0.3, 0.4) is 0 Å². The summed E-state index contributed by atoms with van der Waals surface area (Å²) in [6.45, 7) is 0. The van der Waals surface area contributed by atoms with Crippen LogP contribution in [-0.4, -0.2) is 29.6 Å². The van der Waals surface area contributed by atoms with Gasteiger partial charge in [0.1, 0.15) is 5.75 Å². The summed E-state index contributed by atoms with van der Waals surface area (Å²) in [5, 5.41) is 12.3.